The van der Waals surface area contributed by atoms with Crippen molar-refractivity contribution in [3.63, 3.8) is 0 Å². The molecule has 176 valence electrons. The van der Waals surface area contributed by atoms with Gasteiger partial charge in [-0.2, -0.15) is 0 Å². The van der Waals surface area contributed by atoms with Crippen LogP contribution in [0.3, 0.4) is 0 Å². The molecule has 2 N–H and O–H groups in total. The molecule has 34 heavy (non-hydrogen) atoms. The summed E-state index contributed by atoms with van der Waals surface area (Å²) in [6, 6.07) is 12.1. The van der Waals surface area contributed by atoms with Gasteiger partial charge in [-0.1, -0.05) is 30.3 Å². The predicted molar refractivity (Wildman–Crippen MR) is 136 cm³/mol. The topological polar surface area (TPSA) is 80.6 Å². The quantitative estimate of drug-likeness (QED) is 0.314. The average molecular weight is 477 g/mol. The first-order valence-corrected chi connectivity index (χ1v) is 12.7. The molecule has 6 nitrogen and oxygen atoms in total. The molecule has 0 saturated heterocycles. The second kappa shape index (κ2) is 9.99. The van der Waals surface area contributed by atoms with E-state index < -0.39 is 0 Å². The normalized spacial score (nSPS) is 12.9. The van der Waals surface area contributed by atoms with Crippen molar-refractivity contribution in [2.24, 2.45) is 0 Å². The van der Waals surface area contributed by atoms with Crippen LogP contribution < -0.4 is 10.6 Å². The molecule has 7 heteroatoms. The van der Waals surface area contributed by atoms with Crippen molar-refractivity contribution in [1.82, 2.24) is 5.32 Å². The fourth-order valence-corrected chi connectivity index (χ4v) is 5.99. The third-order valence-electron chi connectivity index (χ3n) is 6.25. The molecule has 0 spiro atoms. The molecule has 0 radical (unpaired) electrons. The number of furan rings is 1. The molecule has 2 amide bonds. The van der Waals surface area contributed by atoms with Crippen molar-refractivity contribution in [2.75, 3.05) is 25.1 Å². The lowest BCUT2D eigenvalue weighted by Gasteiger charge is -2.10. The molecular formula is C27H28N2O4S. The van der Waals surface area contributed by atoms with Gasteiger partial charge in [0.15, 0.2) is 0 Å². The Bertz CT molecular complexity index is 1350. The SMILES string of the molecule is CCOCCCNC(=O)c1c(NC(=O)Cc2coc3ccc4ccccc4c23)sc2c1CCC2. The molecular weight excluding hydrogens is 448 g/mol. The predicted octanol–water partition coefficient (Wildman–Crippen LogP) is 5.47. The number of hydrogen-bond donors (Lipinski definition) is 2. The van der Waals surface area contributed by atoms with Gasteiger partial charge < -0.3 is 19.8 Å². The minimum atomic E-state index is -0.152. The molecule has 5 rings (SSSR count). The molecule has 0 saturated carbocycles. The maximum absolute atomic E-state index is 13.1. The van der Waals surface area contributed by atoms with Gasteiger partial charge in [0, 0.05) is 35.6 Å². The van der Waals surface area contributed by atoms with E-state index in [0.717, 1.165) is 58.6 Å². The van der Waals surface area contributed by atoms with E-state index in [9.17, 15) is 9.59 Å². The molecule has 0 unspecified atom stereocenters. The zero-order chi connectivity index (χ0) is 23.5. The summed E-state index contributed by atoms with van der Waals surface area (Å²) in [5, 5.41) is 9.82. The Balaban J connectivity index is 1.34. The molecule has 4 aromatic rings. The van der Waals surface area contributed by atoms with Gasteiger partial charge in [0.2, 0.25) is 5.91 Å². The highest BCUT2D eigenvalue weighted by Crippen LogP contribution is 2.39. The molecule has 1 aliphatic carbocycles. The van der Waals surface area contributed by atoms with Crippen molar-refractivity contribution < 1.29 is 18.7 Å². The highest BCUT2D eigenvalue weighted by Gasteiger charge is 2.27. The van der Waals surface area contributed by atoms with Crippen molar-refractivity contribution in [3.8, 4) is 0 Å². The number of carbonyl (C=O) groups excluding carboxylic acids is 2. The van der Waals surface area contributed by atoms with Gasteiger partial charge >= 0.3 is 0 Å². The zero-order valence-electron chi connectivity index (χ0n) is 19.2. The van der Waals surface area contributed by atoms with Crippen LogP contribution in [0.15, 0.2) is 47.1 Å². The lowest BCUT2D eigenvalue weighted by Crippen LogP contribution is -2.27. The van der Waals surface area contributed by atoms with Gasteiger partial charge in [-0.25, -0.2) is 0 Å². The molecule has 0 aliphatic heterocycles. The fourth-order valence-electron chi connectivity index (χ4n) is 4.69. The Morgan fingerprint density at radius 1 is 1.15 bits per heavy atom. The van der Waals surface area contributed by atoms with Crippen LogP contribution in [0.4, 0.5) is 5.00 Å². The van der Waals surface area contributed by atoms with Crippen LogP contribution in [0.2, 0.25) is 0 Å². The summed E-state index contributed by atoms with van der Waals surface area (Å²) < 4.78 is 11.1. The summed E-state index contributed by atoms with van der Waals surface area (Å²) >= 11 is 1.53. The minimum Gasteiger partial charge on any atom is -0.464 e. The van der Waals surface area contributed by atoms with E-state index in [1.807, 2.05) is 37.3 Å². The van der Waals surface area contributed by atoms with Crippen LogP contribution in [0.1, 0.15) is 46.1 Å². The van der Waals surface area contributed by atoms with Crippen molar-refractivity contribution in [3.05, 3.63) is 64.2 Å². The highest BCUT2D eigenvalue weighted by atomic mass is 32.1. The molecule has 0 atom stereocenters. The Labute approximate surface area is 202 Å². The van der Waals surface area contributed by atoms with Crippen LogP contribution in [0.5, 0.6) is 0 Å². The van der Waals surface area contributed by atoms with Crippen LogP contribution >= 0.6 is 11.3 Å². The number of rotatable bonds is 9. The van der Waals surface area contributed by atoms with E-state index in [1.54, 1.807) is 6.26 Å². The largest absolute Gasteiger partial charge is 0.464 e. The summed E-state index contributed by atoms with van der Waals surface area (Å²) in [6.07, 6.45) is 5.49. The number of thiophene rings is 1. The Kier molecular flexibility index (Phi) is 6.65. The molecule has 2 aromatic carbocycles. The minimum absolute atomic E-state index is 0.119. The van der Waals surface area contributed by atoms with Crippen molar-refractivity contribution >= 4 is 49.9 Å². The van der Waals surface area contributed by atoms with Crippen LogP contribution in [-0.2, 0) is 28.8 Å². The van der Waals surface area contributed by atoms with E-state index in [1.165, 1.54) is 16.2 Å². The standard InChI is InChI=1S/C27H28N2O4S/c1-2-32-14-6-13-28-26(31)25-20-9-5-10-22(20)34-27(25)29-23(30)15-18-16-33-21-12-11-17-7-3-4-8-19(17)24(18)21/h3-4,7-8,11-12,16H,2,5-6,9-10,13-15H2,1H3,(H,28,31)(H,29,30). The summed E-state index contributed by atoms with van der Waals surface area (Å²) in [5.74, 6) is -0.271. The highest BCUT2D eigenvalue weighted by molar-refractivity contribution is 7.17. The van der Waals surface area contributed by atoms with Gasteiger partial charge in [-0.15, -0.1) is 11.3 Å². The smallest absolute Gasteiger partial charge is 0.254 e. The van der Waals surface area contributed by atoms with Gasteiger partial charge in [-0.05, 0) is 55.0 Å². The zero-order valence-corrected chi connectivity index (χ0v) is 20.1. The first-order chi connectivity index (χ1) is 16.7. The van der Waals surface area contributed by atoms with Crippen molar-refractivity contribution in [1.29, 1.82) is 0 Å². The molecule has 0 bridgehead atoms. The van der Waals surface area contributed by atoms with Crippen LogP contribution in [0.25, 0.3) is 21.7 Å². The monoisotopic (exact) mass is 476 g/mol. The van der Waals surface area contributed by atoms with Crippen molar-refractivity contribution in [2.45, 2.75) is 39.0 Å². The summed E-state index contributed by atoms with van der Waals surface area (Å²) in [4.78, 5) is 27.3. The molecule has 1 aliphatic rings. The third-order valence-corrected chi connectivity index (χ3v) is 7.45. The van der Waals surface area contributed by atoms with E-state index in [4.69, 9.17) is 9.15 Å². The average Bonchev–Trinajstić information content (AvgIpc) is 3.53. The number of ether oxygens (including phenoxy) is 1. The van der Waals surface area contributed by atoms with Gasteiger partial charge in [0.1, 0.15) is 10.6 Å². The second-order valence-electron chi connectivity index (χ2n) is 8.51. The van der Waals surface area contributed by atoms with E-state index >= 15 is 0 Å². The number of aryl methyl sites for hydroxylation is 1. The Morgan fingerprint density at radius 3 is 2.91 bits per heavy atom. The van der Waals surface area contributed by atoms with Crippen LogP contribution in [0, 0.1) is 0 Å². The first-order valence-electron chi connectivity index (χ1n) is 11.8. The van der Waals surface area contributed by atoms with E-state index in [0.29, 0.717) is 30.3 Å². The summed E-state index contributed by atoms with van der Waals surface area (Å²) in [5.41, 5.74) is 3.33. The van der Waals surface area contributed by atoms with Crippen LogP contribution in [-0.4, -0.2) is 31.6 Å². The fraction of sp³-hybridized carbons (Fsp3) is 0.333. The number of nitrogens with one attached hydrogen (secondary N) is 2. The number of carbonyl (C=O) groups is 2. The van der Waals surface area contributed by atoms with Gasteiger partial charge in [-0.3, -0.25) is 9.59 Å². The number of benzene rings is 2. The number of fused-ring (bicyclic) bond motifs is 4. The number of anilines is 1. The summed E-state index contributed by atoms with van der Waals surface area (Å²) in [7, 11) is 0. The second-order valence-corrected chi connectivity index (χ2v) is 9.62. The Hall–Kier alpha value is -3.16. The lowest BCUT2D eigenvalue weighted by molar-refractivity contribution is -0.115. The number of amides is 2. The maximum Gasteiger partial charge on any atom is 0.254 e. The molecule has 2 heterocycles. The van der Waals surface area contributed by atoms with Gasteiger partial charge in [0.25, 0.3) is 5.91 Å². The third kappa shape index (κ3) is 4.45. The van der Waals surface area contributed by atoms with E-state index in [-0.39, 0.29) is 18.2 Å². The molecule has 2 aromatic heterocycles. The Morgan fingerprint density at radius 2 is 2.03 bits per heavy atom. The summed E-state index contributed by atoms with van der Waals surface area (Å²) in [6.45, 7) is 3.79. The maximum atomic E-state index is 13.1. The van der Waals surface area contributed by atoms with Gasteiger partial charge in [0.05, 0.1) is 18.2 Å². The molecule has 0 fully saturated rings. The first kappa shape index (κ1) is 22.6. The lowest BCUT2D eigenvalue weighted by atomic mass is 10.0. The number of hydrogen-bond acceptors (Lipinski definition) is 5. The van der Waals surface area contributed by atoms with E-state index in [2.05, 4.69) is 16.7 Å².